The molecule has 0 heterocycles. The lowest BCUT2D eigenvalue weighted by Crippen LogP contribution is -2.24. The molecular formula is C14H20Cl2N2O. The van der Waals surface area contributed by atoms with Crippen molar-refractivity contribution in [3.63, 3.8) is 0 Å². The van der Waals surface area contributed by atoms with Gasteiger partial charge in [0.05, 0.1) is 10.7 Å². The molecule has 0 fully saturated rings. The van der Waals surface area contributed by atoms with Crippen molar-refractivity contribution in [1.29, 1.82) is 0 Å². The summed E-state index contributed by atoms with van der Waals surface area (Å²) < 4.78 is 0. The third-order valence-electron chi connectivity index (χ3n) is 2.66. The van der Waals surface area contributed by atoms with Crippen LogP contribution in [0, 0.1) is 6.92 Å². The SMILES string of the molecule is Cc1cc(Cl)c(NC(=O)CCCNC(C)C)cc1Cl. The highest BCUT2D eigenvalue weighted by Gasteiger charge is 2.08. The van der Waals surface area contributed by atoms with Crippen molar-refractivity contribution >= 4 is 34.8 Å². The molecule has 0 aromatic heterocycles. The van der Waals surface area contributed by atoms with E-state index in [9.17, 15) is 4.79 Å². The molecule has 1 aromatic rings. The number of halogens is 2. The molecule has 3 nitrogen and oxygen atoms in total. The maximum absolute atomic E-state index is 11.8. The van der Waals surface area contributed by atoms with Crippen molar-refractivity contribution in [1.82, 2.24) is 5.32 Å². The van der Waals surface area contributed by atoms with E-state index in [2.05, 4.69) is 24.5 Å². The lowest BCUT2D eigenvalue weighted by molar-refractivity contribution is -0.116. The summed E-state index contributed by atoms with van der Waals surface area (Å²) in [5.41, 5.74) is 1.46. The third kappa shape index (κ3) is 5.81. The minimum absolute atomic E-state index is 0.0487. The van der Waals surface area contributed by atoms with E-state index in [1.807, 2.05) is 6.92 Å². The predicted molar refractivity (Wildman–Crippen MR) is 82.2 cm³/mol. The van der Waals surface area contributed by atoms with Gasteiger partial charge in [-0.2, -0.15) is 0 Å². The molecule has 0 radical (unpaired) electrons. The van der Waals surface area contributed by atoms with Gasteiger partial charge in [-0.1, -0.05) is 37.0 Å². The van der Waals surface area contributed by atoms with Gasteiger partial charge in [-0.15, -0.1) is 0 Å². The molecule has 106 valence electrons. The van der Waals surface area contributed by atoms with Gasteiger partial charge in [0.1, 0.15) is 0 Å². The zero-order chi connectivity index (χ0) is 14.4. The number of benzene rings is 1. The van der Waals surface area contributed by atoms with Gasteiger partial charge in [0.2, 0.25) is 5.91 Å². The number of rotatable bonds is 6. The Morgan fingerprint density at radius 3 is 2.58 bits per heavy atom. The highest BCUT2D eigenvalue weighted by atomic mass is 35.5. The van der Waals surface area contributed by atoms with Crippen LogP contribution in [0.3, 0.4) is 0 Å². The second-order valence-electron chi connectivity index (χ2n) is 4.84. The molecule has 0 aliphatic rings. The number of anilines is 1. The Bertz CT molecular complexity index is 447. The highest BCUT2D eigenvalue weighted by molar-refractivity contribution is 6.36. The Balaban J connectivity index is 2.46. The minimum Gasteiger partial charge on any atom is -0.325 e. The molecule has 0 atom stereocenters. The number of amides is 1. The summed E-state index contributed by atoms with van der Waals surface area (Å²) in [6.07, 6.45) is 1.25. The molecule has 1 aromatic carbocycles. The molecule has 0 bridgehead atoms. The maximum atomic E-state index is 11.8. The van der Waals surface area contributed by atoms with Crippen LogP contribution in [0.15, 0.2) is 12.1 Å². The van der Waals surface area contributed by atoms with Crippen LogP contribution in [-0.4, -0.2) is 18.5 Å². The summed E-state index contributed by atoms with van der Waals surface area (Å²) in [6.45, 7) is 6.85. The highest BCUT2D eigenvalue weighted by Crippen LogP contribution is 2.28. The summed E-state index contributed by atoms with van der Waals surface area (Å²) in [7, 11) is 0. The van der Waals surface area contributed by atoms with Crippen LogP contribution in [0.1, 0.15) is 32.3 Å². The van der Waals surface area contributed by atoms with Crippen LogP contribution < -0.4 is 10.6 Å². The van der Waals surface area contributed by atoms with E-state index in [0.717, 1.165) is 18.5 Å². The van der Waals surface area contributed by atoms with E-state index < -0.39 is 0 Å². The van der Waals surface area contributed by atoms with Crippen LogP contribution in [0.25, 0.3) is 0 Å². The summed E-state index contributed by atoms with van der Waals surface area (Å²) in [6, 6.07) is 3.87. The first-order valence-corrected chi connectivity index (χ1v) is 7.14. The Labute approximate surface area is 124 Å². The fourth-order valence-corrected chi connectivity index (χ4v) is 2.02. The molecule has 0 unspecified atom stereocenters. The fourth-order valence-electron chi connectivity index (χ4n) is 1.59. The molecule has 0 spiro atoms. The lowest BCUT2D eigenvalue weighted by atomic mass is 10.2. The molecule has 1 amide bonds. The van der Waals surface area contributed by atoms with Gasteiger partial charge in [0.15, 0.2) is 0 Å². The van der Waals surface area contributed by atoms with Gasteiger partial charge in [-0.3, -0.25) is 4.79 Å². The summed E-state index contributed by atoms with van der Waals surface area (Å²) in [5, 5.41) is 7.16. The van der Waals surface area contributed by atoms with Gasteiger partial charge < -0.3 is 10.6 Å². The number of nitrogens with one attached hydrogen (secondary N) is 2. The average molecular weight is 303 g/mol. The van der Waals surface area contributed by atoms with Crippen molar-refractivity contribution in [2.75, 3.05) is 11.9 Å². The molecule has 1 rings (SSSR count). The van der Waals surface area contributed by atoms with Crippen molar-refractivity contribution < 1.29 is 4.79 Å². The zero-order valence-corrected chi connectivity index (χ0v) is 13.0. The van der Waals surface area contributed by atoms with Gasteiger partial charge in [-0.25, -0.2) is 0 Å². The van der Waals surface area contributed by atoms with E-state index in [-0.39, 0.29) is 5.91 Å². The summed E-state index contributed by atoms with van der Waals surface area (Å²) in [5.74, 6) is -0.0487. The average Bonchev–Trinajstić information content (AvgIpc) is 2.31. The first-order chi connectivity index (χ1) is 8.90. The Hall–Kier alpha value is -0.770. The molecule has 19 heavy (non-hydrogen) atoms. The molecule has 0 aliphatic heterocycles. The Morgan fingerprint density at radius 1 is 1.26 bits per heavy atom. The normalized spacial score (nSPS) is 10.8. The number of carbonyl (C=O) groups excluding carboxylic acids is 1. The standard InChI is InChI=1S/C14H20Cl2N2O/c1-9(2)17-6-4-5-14(19)18-13-8-11(15)10(3)7-12(13)16/h7-9,17H,4-6H2,1-3H3,(H,18,19). The molecule has 0 aliphatic carbocycles. The van der Waals surface area contributed by atoms with Gasteiger partial charge >= 0.3 is 0 Å². The lowest BCUT2D eigenvalue weighted by Gasteiger charge is -2.10. The molecule has 2 N–H and O–H groups in total. The van der Waals surface area contributed by atoms with E-state index in [1.54, 1.807) is 12.1 Å². The smallest absolute Gasteiger partial charge is 0.224 e. The molecule has 5 heteroatoms. The predicted octanol–water partition coefficient (Wildman–Crippen LogP) is 4.02. The second-order valence-corrected chi connectivity index (χ2v) is 5.66. The van der Waals surface area contributed by atoms with Crippen LogP contribution >= 0.6 is 23.2 Å². The quantitative estimate of drug-likeness (QED) is 0.779. The summed E-state index contributed by atoms with van der Waals surface area (Å²) in [4.78, 5) is 11.8. The first kappa shape index (κ1) is 16.3. The monoisotopic (exact) mass is 302 g/mol. The largest absolute Gasteiger partial charge is 0.325 e. The number of aryl methyl sites for hydroxylation is 1. The van der Waals surface area contributed by atoms with Crippen molar-refractivity contribution in [3.05, 3.63) is 27.7 Å². The van der Waals surface area contributed by atoms with Crippen LogP contribution in [-0.2, 0) is 4.79 Å². The van der Waals surface area contributed by atoms with Crippen LogP contribution in [0.4, 0.5) is 5.69 Å². The van der Waals surface area contributed by atoms with E-state index >= 15 is 0 Å². The molecule has 0 saturated heterocycles. The molecular weight excluding hydrogens is 283 g/mol. The summed E-state index contributed by atoms with van der Waals surface area (Å²) >= 11 is 12.1. The second kappa shape index (κ2) is 7.73. The number of hydrogen-bond acceptors (Lipinski definition) is 2. The number of carbonyl (C=O) groups is 1. The Kier molecular flexibility index (Phi) is 6.63. The topological polar surface area (TPSA) is 41.1 Å². The van der Waals surface area contributed by atoms with Crippen molar-refractivity contribution in [2.45, 2.75) is 39.7 Å². The zero-order valence-electron chi connectivity index (χ0n) is 11.5. The van der Waals surface area contributed by atoms with Gasteiger partial charge in [0.25, 0.3) is 0 Å². The van der Waals surface area contributed by atoms with E-state index in [1.165, 1.54) is 0 Å². The van der Waals surface area contributed by atoms with Crippen LogP contribution in [0.5, 0.6) is 0 Å². The minimum atomic E-state index is -0.0487. The van der Waals surface area contributed by atoms with Crippen molar-refractivity contribution in [2.24, 2.45) is 0 Å². The Morgan fingerprint density at radius 2 is 1.95 bits per heavy atom. The first-order valence-electron chi connectivity index (χ1n) is 6.39. The van der Waals surface area contributed by atoms with Crippen LogP contribution in [0.2, 0.25) is 10.0 Å². The van der Waals surface area contributed by atoms with Gasteiger partial charge in [0, 0.05) is 17.5 Å². The molecule has 0 saturated carbocycles. The maximum Gasteiger partial charge on any atom is 0.224 e. The van der Waals surface area contributed by atoms with E-state index in [4.69, 9.17) is 23.2 Å². The fraction of sp³-hybridized carbons (Fsp3) is 0.500. The third-order valence-corrected chi connectivity index (χ3v) is 3.38. The van der Waals surface area contributed by atoms with E-state index in [0.29, 0.717) is 28.2 Å². The number of hydrogen-bond donors (Lipinski definition) is 2. The van der Waals surface area contributed by atoms with Gasteiger partial charge in [-0.05, 0) is 37.6 Å². The van der Waals surface area contributed by atoms with Crippen molar-refractivity contribution in [3.8, 4) is 0 Å².